The molecule has 0 aliphatic carbocycles. The summed E-state index contributed by atoms with van der Waals surface area (Å²) >= 11 is 3.20. The van der Waals surface area contributed by atoms with Crippen LogP contribution in [-0.4, -0.2) is 28.7 Å². The van der Waals surface area contributed by atoms with Crippen LogP contribution >= 0.6 is 26.6 Å². The number of methoxy groups -OCH3 is 1. The van der Waals surface area contributed by atoms with Crippen LogP contribution in [0.4, 0.5) is 0 Å². The summed E-state index contributed by atoms with van der Waals surface area (Å²) in [5.41, 5.74) is 0. The zero-order valence-corrected chi connectivity index (χ0v) is 13.0. The minimum absolute atomic E-state index is 0.0229. The third-order valence-electron chi connectivity index (χ3n) is 2.17. The van der Waals surface area contributed by atoms with Crippen molar-refractivity contribution in [3.8, 4) is 5.75 Å². The van der Waals surface area contributed by atoms with E-state index < -0.39 is 9.05 Å². The molecule has 1 rings (SSSR count). The smallest absolute Gasteiger partial charge is 0.265 e. The summed E-state index contributed by atoms with van der Waals surface area (Å²) in [7, 11) is 3.17. The molecule has 102 valence electrons. The van der Waals surface area contributed by atoms with Crippen molar-refractivity contribution < 1.29 is 17.9 Å². The van der Waals surface area contributed by atoms with E-state index in [-0.39, 0.29) is 10.6 Å². The Hall–Kier alpha value is -0.300. The fourth-order valence-electron chi connectivity index (χ4n) is 1.32. The van der Waals surface area contributed by atoms with Crippen molar-refractivity contribution in [3.05, 3.63) is 22.7 Å². The first-order chi connectivity index (χ1) is 8.45. The average molecular weight is 358 g/mol. The summed E-state index contributed by atoms with van der Waals surface area (Å²) in [5.74, 6) is 0.269. The Labute approximate surface area is 120 Å². The summed E-state index contributed by atoms with van der Waals surface area (Å²) < 4.78 is 33.7. The first kappa shape index (κ1) is 15.8. The van der Waals surface area contributed by atoms with Crippen LogP contribution in [0.1, 0.15) is 12.8 Å². The number of hydrogen-bond donors (Lipinski definition) is 0. The lowest BCUT2D eigenvalue weighted by molar-refractivity contribution is 0.183. The van der Waals surface area contributed by atoms with Crippen LogP contribution in [0.2, 0.25) is 0 Å². The third-order valence-corrected chi connectivity index (χ3v) is 4.01. The van der Waals surface area contributed by atoms with Crippen LogP contribution in [-0.2, 0) is 13.8 Å². The first-order valence-electron chi connectivity index (χ1n) is 5.31. The maximum absolute atomic E-state index is 11.4. The molecule has 4 nitrogen and oxygen atoms in total. The van der Waals surface area contributed by atoms with E-state index in [2.05, 4.69) is 15.9 Å². The topological polar surface area (TPSA) is 52.6 Å². The molecular formula is C11H14BrClO4S. The number of ether oxygens (including phenoxy) is 2. The van der Waals surface area contributed by atoms with Gasteiger partial charge < -0.3 is 9.47 Å². The molecule has 0 radical (unpaired) electrons. The van der Waals surface area contributed by atoms with E-state index in [1.807, 2.05) is 0 Å². The van der Waals surface area contributed by atoms with Crippen molar-refractivity contribution in [3.63, 3.8) is 0 Å². The predicted molar refractivity (Wildman–Crippen MR) is 73.8 cm³/mol. The highest BCUT2D eigenvalue weighted by atomic mass is 79.9. The number of halogens is 2. The van der Waals surface area contributed by atoms with Crippen LogP contribution in [0.5, 0.6) is 5.75 Å². The summed E-state index contributed by atoms with van der Waals surface area (Å²) in [5, 5.41) is 0. The largest absolute Gasteiger partial charge is 0.492 e. The molecule has 0 atom stereocenters. The van der Waals surface area contributed by atoms with Crippen molar-refractivity contribution in [2.75, 3.05) is 20.3 Å². The maximum atomic E-state index is 11.4. The van der Waals surface area contributed by atoms with Gasteiger partial charge in [0.1, 0.15) is 10.6 Å². The van der Waals surface area contributed by atoms with Crippen LogP contribution in [0, 0.1) is 0 Å². The molecule has 0 aromatic heterocycles. The molecule has 0 unspecified atom stereocenters. The van der Waals surface area contributed by atoms with Gasteiger partial charge in [-0.3, -0.25) is 0 Å². The molecular weight excluding hydrogens is 344 g/mol. The Morgan fingerprint density at radius 2 is 1.94 bits per heavy atom. The van der Waals surface area contributed by atoms with E-state index in [4.69, 9.17) is 20.2 Å². The Balaban J connectivity index is 2.71. The van der Waals surface area contributed by atoms with Gasteiger partial charge in [-0.1, -0.05) is 15.9 Å². The average Bonchev–Trinajstić information content (AvgIpc) is 2.29. The van der Waals surface area contributed by atoms with E-state index in [9.17, 15) is 8.42 Å². The van der Waals surface area contributed by atoms with Gasteiger partial charge in [-0.05, 0) is 31.0 Å². The van der Waals surface area contributed by atoms with E-state index >= 15 is 0 Å². The van der Waals surface area contributed by atoms with Crippen molar-refractivity contribution in [1.82, 2.24) is 0 Å². The number of rotatable bonds is 7. The second kappa shape index (κ2) is 7.33. The van der Waals surface area contributed by atoms with Gasteiger partial charge in [0, 0.05) is 28.9 Å². The van der Waals surface area contributed by atoms with E-state index in [1.165, 1.54) is 6.07 Å². The zero-order chi connectivity index (χ0) is 13.6. The molecule has 0 N–H and O–H groups in total. The fraction of sp³-hybridized carbons (Fsp3) is 0.455. The van der Waals surface area contributed by atoms with Gasteiger partial charge in [-0.15, -0.1) is 0 Å². The molecule has 0 aliphatic rings. The monoisotopic (exact) mass is 356 g/mol. The predicted octanol–water partition coefficient (Wildman–Crippen LogP) is 3.18. The van der Waals surface area contributed by atoms with Gasteiger partial charge in [0.15, 0.2) is 0 Å². The first-order valence-corrected chi connectivity index (χ1v) is 8.41. The molecule has 0 saturated heterocycles. The lowest BCUT2D eigenvalue weighted by atomic mass is 10.3. The van der Waals surface area contributed by atoms with Gasteiger partial charge in [-0.2, -0.15) is 0 Å². The second-order valence-electron chi connectivity index (χ2n) is 3.58. The molecule has 0 spiro atoms. The van der Waals surface area contributed by atoms with Crippen molar-refractivity contribution in [2.45, 2.75) is 17.7 Å². The highest BCUT2D eigenvalue weighted by molar-refractivity contribution is 9.10. The lowest BCUT2D eigenvalue weighted by Gasteiger charge is -2.09. The van der Waals surface area contributed by atoms with Crippen LogP contribution in [0.3, 0.4) is 0 Å². The molecule has 18 heavy (non-hydrogen) atoms. The van der Waals surface area contributed by atoms with Gasteiger partial charge >= 0.3 is 0 Å². The van der Waals surface area contributed by atoms with Gasteiger partial charge in [-0.25, -0.2) is 8.42 Å². The molecule has 0 heterocycles. The molecule has 0 bridgehead atoms. The zero-order valence-electron chi connectivity index (χ0n) is 9.86. The Bertz CT molecular complexity index is 490. The van der Waals surface area contributed by atoms with Gasteiger partial charge in [0.25, 0.3) is 9.05 Å². The number of unbranched alkanes of at least 4 members (excludes halogenated alkanes) is 1. The Morgan fingerprint density at radius 3 is 2.56 bits per heavy atom. The highest BCUT2D eigenvalue weighted by Gasteiger charge is 2.17. The van der Waals surface area contributed by atoms with Crippen molar-refractivity contribution in [2.24, 2.45) is 0 Å². The van der Waals surface area contributed by atoms with E-state index in [0.29, 0.717) is 17.7 Å². The molecule has 1 aromatic carbocycles. The van der Waals surface area contributed by atoms with Crippen LogP contribution in [0.15, 0.2) is 27.6 Å². The molecule has 0 fully saturated rings. The molecule has 0 amide bonds. The normalized spacial score (nSPS) is 11.5. The molecule has 0 saturated carbocycles. The van der Waals surface area contributed by atoms with E-state index in [0.717, 1.165) is 12.8 Å². The quantitative estimate of drug-likeness (QED) is 0.555. The summed E-state index contributed by atoms with van der Waals surface area (Å²) in [6.45, 7) is 1.08. The van der Waals surface area contributed by atoms with E-state index in [1.54, 1.807) is 19.2 Å². The third kappa shape index (κ3) is 5.14. The molecule has 7 heteroatoms. The summed E-state index contributed by atoms with van der Waals surface area (Å²) in [6, 6.07) is 4.71. The van der Waals surface area contributed by atoms with Gasteiger partial charge in [0.05, 0.1) is 6.61 Å². The SMILES string of the molecule is COCCCCOc1ccc(Br)cc1S(=O)(=O)Cl. The summed E-state index contributed by atoms with van der Waals surface area (Å²) in [4.78, 5) is -0.0229. The standard InChI is InChI=1S/C11H14BrClO4S/c1-16-6-2-3-7-17-10-5-4-9(12)8-11(10)18(13,14)15/h4-5,8H,2-3,6-7H2,1H3. The lowest BCUT2D eigenvalue weighted by Crippen LogP contribution is -2.03. The van der Waals surface area contributed by atoms with Crippen LogP contribution < -0.4 is 4.74 Å². The number of hydrogen-bond acceptors (Lipinski definition) is 4. The maximum Gasteiger partial charge on any atom is 0.265 e. The van der Waals surface area contributed by atoms with Crippen molar-refractivity contribution >= 4 is 35.7 Å². The molecule has 1 aromatic rings. The van der Waals surface area contributed by atoms with Gasteiger partial charge in [0.2, 0.25) is 0 Å². The Kier molecular flexibility index (Phi) is 6.42. The van der Waals surface area contributed by atoms with Crippen LogP contribution in [0.25, 0.3) is 0 Å². The number of benzene rings is 1. The molecule has 0 aliphatic heterocycles. The van der Waals surface area contributed by atoms with Crippen molar-refractivity contribution in [1.29, 1.82) is 0 Å². The minimum atomic E-state index is -3.81. The Morgan fingerprint density at radius 1 is 1.28 bits per heavy atom. The second-order valence-corrected chi connectivity index (χ2v) is 7.03. The summed E-state index contributed by atoms with van der Waals surface area (Å²) in [6.07, 6.45) is 1.64. The minimum Gasteiger partial charge on any atom is -0.492 e. The highest BCUT2D eigenvalue weighted by Crippen LogP contribution is 2.30. The fourth-order valence-corrected chi connectivity index (χ4v) is 2.83.